The fraction of sp³-hybridized carbons (Fsp3) is 0.571. The monoisotopic (exact) mass is 419 g/mol. The summed E-state index contributed by atoms with van der Waals surface area (Å²) in [5.41, 5.74) is 1.06. The number of rotatable bonds is 5. The molecule has 3 heterocycles. The van der Waals surface area contributed by atoms with Gasteiger partial charge < -0.3 is 9.80 Å². The third-order valence-corrected chi connectivity index (χ3v) is 6.13. The summed E-state index contributed by atoms with van der Waals surface area (Å²) in [7, 11) is 0. The van der Waals surface area contributed by atoms with Crippen LogP contribution >= 0.6 is 0 Å². The van der Waals surface area contributed by atoms with E-state index in [-0.39, 0.29) is 5.91 Å². The highest BCUT2D eigenvalue weighted by Crippen LogP contribution is 2.22. The van der Waals surface area contributed by atoms with Crippen LogP contribution in [-0.2, 0) is 11.3 Å². The van der Waals surface area contributed by atoms with Crippen LogP contribution < -0.4 is 10.5 Å². The molecular weight excluding hydrogens is 392 g/mol. The van der Waals surface area contributed by atoms with Crippen LogP contribution in [0.1, 0.15) is 19.8 Å². The second-order valence-corrected chi connectivity index (χ2v) is 8.09. The zero-order valence-corrected chi connectivity index (χ0v) is 17.1. The van der Waals surface area contributed by atoms with Gasteiger partial charge in [0.2, 0.25) is 5.91 Å². The number of benzene rings is 1. The maximum atomic E-state index is 12.6. The molecule has 0 bridgehead atoms. The summed E-state index contributed by atoms with van der Waals surface area (Å²) in [5, 5.41) is 0.353. The molecule has 1 aromatic carbocycles. The maximum absolute atomic E-state index is 12.6. The second-order valence-electron chi connectivity index (χ2n) is 8.09. The van der Waals surface area contributed by atoms with Crippen LogP contribution in [-0.4, -0.2) is 77.0 Å². The minimum absolute atomic E-state index is 0.160. The van der Waals surface area contributed by atoms with E-state index < -0.39 is 18.5 Å². The van der Waals surface area contributed by atoms with Crippen LogP contribution in [0.2, 0.25) is 0 Å². The fourth-order valence-corrected chi connectivity index (χ4v) is 4.55. The van der Waals surface area contributed by atoms with E-state index in [0.29, 0.717) is 16.9 Å². The van der Waals surface area contributed by atoms with E-state index in [0.717, 1.165) is 62.4 Å². The molecule has 7 nitrogen and oxygen atoms in total. The molecule has 2 fully saturated rings. The molecule has 0 saturated carbocycles. The van der Waals surface area contributed by atoms with Gasteiger partial charge in [-0.3, -0.25) is 19.1 Å². The lowest BCUT2D eigenvalue weighted by molar-refractivity contribution is -0.129. The highest BCUT2D eigenvalue weighted by Gasteiger charge is 2.29. The Morgan fingerprint density at radius 1 is 1.20 bits per heavy atom. The predicted molar refractivity (Wildman–Crippen MR) is 111 cm³/mol. The standard InChI is InChI=1S/C21H27F2N5O2/c1-15(29)28-6-2-3-17(28)12-25-7-9-26(10-8-25)16-4-5-18-19(11-16)24-14-27(21(18)30)13-20(22)23/h4-5,11,14,17,20H,2-3,6-10,12-13H2,1H3. The molecule has 4 rings (SSSR count). The van der Waals surface area contributed by atoms with Crippen LogP contribution in [0, 0.1) is 0 Å². The van der Waals surface area contributed by atoms with E-state index in [2.05, 4.69) is 14.8 Å². The first kappa shape index (κ1) is 20.7. The summed E-state index contributed by atoms with van der Waals surface area (Å²) in [6, 6.07) is 5.71. The Morgan fingerprint density at radius 3 is 2.67 bits per heavy atom. The van der Waals surface area contributed by atoms with Crippen molar-refractivity contribution in [3.8, 4) is 0 Å². The van der Waals surface area contributed by atoms with Crippen LogP contribution in [0.5, 0.6) is 0 Å². The largest absolute Gasteiger partial charge is 0.369 e. The molecule has 2 aliphatic rings. The Labute approximate surface area is 173 Å². The van der Waals surface area contributed by atoms with Crippen LogP contribution in [0.15, 0.2) is 29.3 Å². The number of nitrogens with zero attached hydrogens (tertiary/aromatic N) is 5. The number of fused-ring (bicyclic) bond motifs is 1. The van der Waals surface area contributed by atoms with E-state index in [1.54, 1.807) is 13.0 Å². The molecule has 2 aromatic rings. The molecule has 1 atom stereocenters. The lowest BCUT2D eigenvalue weighted by Crippen LogP contribution is -2.51. The van der Waals surface area contributed by atoms with Crippen molar-refractivity contribution in [3.05, 3.63) is 34.9 Å². The predicted octanol–water partition coefficient (Wildman–Crippen LogP) is 1.79. The number of anilines is 1. The number of piperazine rings is 1. The molecule has 30 heavy (non-hydrogen) atoms. The molecule has 2 aliphatic heterocycles. The Kier molecular flexibility index (Phi) is 5.99. The lowest BCUT2D eigenvalue weighted by atomic mass is 10.1. The maximum Gasteiger partial charge on any atom is 0.261 e. The lowest BCUT2D eigenvalue weighted by Gasteiger charge is -2.38. The van der Waals surface area contributed by atoms with Crippen molar-refractivity contribution in [3.63, 3.8) is 0 Å². The van der Waals surface area contributed by atoms with Gasteiger partial charge in [0.05, 0.1) is 23.8 Å². The average Bonchev–Trinajstić information content (AvgIpc) is 3.19. The van der Waals surface area contributed by atoms with Crippen molar-refractivity contribution < 1.29 is 13.6 Å². The first-order chi connectivity index (χ1) is 14.4. The highest BCUT2D eigenvalue weighted by atomic mass is 19.3. The number of carbonyl (C=O) groups is 1. The summed E-state index contributed by atoms with van der Waals surface area (Å²) in [5.74, 6) is 0.160. The van der Waals surface area contributed by atoms with E-state index >= 15 is 0 Å². The van der Waals surface area contributed by atoms with E-state index in [1.807, 2.05) is 17.0 Å². The molecule has 2 saturated heterocycles. The van der Waals surface area contributed by atoms with Gasteiger partial charge in [-0.15, -0.1) is 0 Å². The molecule has 0 radical (unpaired) electrons. The molecular formula is C21H27F2N5O2. The Hall–Kier alpha value is -2.55. The third-order valence-electron chi connectivity index (χ3n) is 6.13. The van der Waals surface area contributed by atoms with Crippen molar-refractivity contribution in [2.45, 2.75) is 38.8 Å². The fourth-order valence-electron chi connectivity index (χ4n) is 4.55. The molecule has 1 amide bonds. The zero-order valence-electron chi connectivity index (χ0n) is 17.1. The minimum atomic E-state index is -2.59. The molecule has 1 unspecified atom stereocenters. The smallest absolute Gasteiger partial charge is 0.261 e. The van der Waals surface area contributed by atoms with Gasteiger partial charge in [0.15, 0.2) is 0 Å². The normalized spacial score (nSPS) is 20.5. The molecule has 0 aliphatic carbocycles. The molecule has 0 N–H and O–H groups in total. The highest BCUT2D eigenvalue weighted by molar-refractivity contribution is 5.81. The Bertz CT molecular complexity index is 972. The topological polar surface area (TPSA) is 61.7 Å². The van der Waals surface area contributed by atoms with Crippen LogP contribution in [0.3, 0.4) is 0 Å². The molecule has 0 spiro atoms. The third kappa shape index (κ3) is 4.30. The minimum Gasteiger partial charge on any atom is -0.369 e. The quantitative estimate of drug-likeness (QED) is 0.740. The van der Waals surface area contributed by atoms with E-state index in [4.69, 9.17) is 0 Å². The van der Waals surface area contributed by atoms with Crippen molar-refractivity contribution in [1.82, 2.24) is 19.4 Å². The van der Waals surface area contributed by atoms with Gasteiger partial charge in [0.25, 0.3) is 12.0 Å². The summed E-state index contributed by atoms with van der Waals surface area (Å²) in [6.45, 7) is 6.29. The molecule has 162 valence electrons. The van der Waals surface area contributed by atoms with E-state index in [1.165, 1.54) is 6.33 Å². The number of hydrogen-bond donors (Lipinski definition) is 0. The number of likely N-dealkylation sites (tertiary alicyclic amines) is 1. The number of carbonyl (C=O) groups excluding carboxylic acids is 1. The second kappa shape index (κ2) is 8.67. The molecule has 9 heteroatoms. The Morgan fingerprint density at radius 2 is 1.97 bits per heavy atom. The number of aromatic nitrogens is 2. The van der Waals surface area contributed by atoms with Crippen molar-refractivity contribution in [2.75, 3.05) is 44.2 Å². The zero-order chi connectivity index (χ0) is 21.3. The first-order valence-corrected chi connectivity index (χ1v) is 10.4. The first-order valence-electron chi connectivity index (χ1n) is 10.4. The van der Waals surface area contributed by atoms with E-state index in [9.17, 15) is 18.4 Å². The Balaban J connectivity index is 1.41. The van der Waals surface area contributed by atoms with Crippen molar-refractivity contribution >= 4 is 22.5 Å². The summed E-state index contributed by atoms with van der Waals surface area (Å²) < 4.78 is 26.2. The summed E-state index contributed by atoms with van der Waals surface area (Å²) in [4.78, 5) is 35.0. The van der Waals surface area contributed by atoms with Crippen LogP contribution in [0.4, 0.5) is 14.5 Å². The van der Waals surface area contributed by atoms with Gasteiger partial charge in [-0.05, 0) is 31.0 Å². The average molecular weight is 419 g/mol. The number of halogens is 2. The van der Waals surface area contributed by atoms with Gasteiger partial charge >= 0.3 is 0 Å². The van der Waals surface area contributed by atoms with Crippen molar-refractivity contribution in [1.29, 1.82) is 0 Å². The van der Waals surface area contributed by atoms with Gasteiger partial charge in [-0.25, -0.2) is 13.8 Å². The van der Waals surface area contributed by atoms with Crippen molar-refractivity contribution in [2.24, 2.45) is 0 Å². The molecule has 1 aromatic heterocycles. The van der Waals surface area contributed by atoms with Gasteiger partial charge in [-0.1, -0.05) is 0 Å². The number of hydrogen-bond acceptors (Lipinski definition) is 5. The van der Waals surface area contributed by atoms with Gasteiger partial charge in [0.1, 0.15) is 0 Å². The van der Waals surface area contributed by atoms with Gasteiger partial charge in [0, 0.05) is 57.9 Å². The van der Waals surface area contributed by atoms with Gasteiger partial charge in [-0.2, -0.15) is 0 Å². The number of amides is 1. The summed E-state index contributed by atoms with van der Waals surface area (Å²) >= 11 is 0. The number of alkyl halides is 2. The summed E-state index contributed by atoms with van der Waals surface area (Å²) in [6.07, 6.45) is 0.747. The van der Waals surface area contributed by atoms with Crippen LogP contribution in [0.25, 0.3) is 10.9 Å². The SMILES string of the molecule is CC(=O)N1CCCC1CN1CCN(c2ccc3c(=O)n(CC(F)F)cnc3c2)CC1.